The summed E-state index contributed by atoms with van der Waals surface area (Å²) in [5.74, 6) is -0.634. The highest BCUT2D eigenvalue weighted by atomic mass is 16.6. The molecular formula is C24H28N2O6. The second-order valence-electron chi connectivity index (χ2n) is 7.99. The Bertz CT molecular complexity index is 1000. The van der Waals surface area contributed by atoms with Crippen LogP contribution in [0.5, 0.6) is 11.5 Å². The lowest BCUT2D eigenvalue weighted by atomic mass is 10.0. The van der Waals surface area contributed by atoms with Crippen LogP contribution < -0.4 is 20.1 Å². The van der Waals surface area contributed by atoms with Crippen molar-refractivity contribution in [2.45, 2.75) is 39.8 Å². The third-order valence-electron chi connectivity index (χ3n) is 4.96. The lowest BCUT2D eigenvalue weighted by molar-refractivity contribution is -0.156. The van der Waals surface area contributed by atoms with E-state index in [9.17, 15) is 14.4 Å². The molecule has 2 amide bonds. The Hall–Kier alpha value is -3.55. The fourth-order valence-electron chi connectivity index (χ4n) is 3.17. The fourth-order valence-corrected chi connectivity index (χ4v) is 3.17. The number of hydrogen-bond donors (Lipinski definition) is 2. The second-order valence-corrected chi connectivity index (χ2v) is 7.99. The number of esters is 1. The van der Waals surface area contributed by atoms with Crippen LogP contribution in [0.25, 0.3) is 0 Å². The molecule has 0 saturated heterocycles. The Labute approximate surface area is 187 Å². The monoisotopic (exact) mass is 440 g/mol. The average molecular weight is 440 g/mol. The number of anilines is 1. The van der Waals surface area contributed by atoms with E-state index in [-0.39, 0.29) is 11.8 Å². The summed E-state index contributed by atoms with van der Waals surface area (Å²) in [6, 6.07) is 11.2. The molecule has 8 heteroatoms. The van der Waals surface area contributed by atoms with Crippen molar-refractivity contribution >= 4 is 23.5 Å². The van der Waals surface area contributed by atoms with Gasteiger partial charge in [0.2, 0.25) is 0 Å². The highest BCUT2D eigenvalue weighted by Crippen LogP contribution is 2.32. The lowest BCUT2D eigenvalue weighted by Crippen LogP contribution is -2.47. The Morgan fingerprint density at radius 2 is 1.69 bits per heavy atom. The first-order valence-corrected chi connectivity index (χ1v) is 10.5. The molecular weight excluding hydrogens is 412 g/mol. The zero-order valence-corrected chi connectivity index (χ0v) is 18.6. The van der Waals surface area contributed by atoms with Crippen molar-refractivity contribution in [3.8, 4) is 11.5 Å². The highest BCUT2D eigenvalue weighted by molar-refractivity contribution is 5.98. The van der Waals surface area contributed by atoms with E-state index in [2.05, 4.69) is 10.6 Å². The van der Waals surface area contributed by atoms with Gasteiger partial charge in [0.1, 0.15) is 19.3 Å². The van der Waals surface area contributed by atoms with Gasteiger partial charge >= 0.3 is 5.97 Å². The van der Waals surface area contributed by atoms with Crippen LogP contribution in [0.15, 0.2) is 42.5 Å². The molecule has 0 bridgehead atoms. The fraction of sp³-hybridized carbons (Fsp3) is 0.375. The molecule has 170 valence electrons. The Morgan fingerprint density at radius 1 is 0.969 bits per heavy atom. The second kappa shape index (κ2) is 10.2. The van der Waals surface area contributed by atoms with E-state index in [1.54, 1.807) is 50.2 Å². The number of nitrogens with one attached hydrogen (secondary N) is 2. The number of aryl methyl sites for hydroxylation is 1. The summed E-state index contributed by atoms with van der Waals surface area (Å²) < 4.78 is 16.3. The van der Waals surface area contributed by atoms with Crippen LogP contribution in [0.1, 0.15) is 36.7 Å². The number of rotatable bonds is 7. The van der Waals surface area contributed by atoms with Crippen molar-refractivity contribution in [2.24, 2.45) is 5.92 Å². The van der Waals surface area contributed by atoms with Gasteiger partial charge in [-0.2, -0.15) is 0 Å². The summed E-state index contributed by atoms with van der Waals surface area (Å²) >= 11 is 0. The predicted molar refractivity (Wildman–Crippen MR) is 119 cm³/mol. The molecule has 0 aromatic heterocycles. The van der Waals surface area contributed by atoms with Crippen LogP contribution in [-0.4, -0.2) is 43.1 Å². The van der Waals surface area contributed by atoms with Gasteiger partial charge in [-0.15, -0.1) is 0 Å². The number of benzene rings is 2. The molecule has 0 fully saturated rings. The zero-order chi connectivity index (χ0) is 23.3. The van der Waals surface area contributed by atoms with Crippen molar-refractivity contribution in [1.29, 1.82) is 0 Å². The van der Waals surface area contributed by atoms with Crippen molar-refractivity contribution in [1.82, 2.24) is 5.32 Å². The van der Waals surface area contributed by atoms with Crippen LogP contribution >= 0.6 is 0 Å². The molecule has 1 aliphatic heterocycles. The van der Waals surface area contributed by atoms with Gasteiger partial charge in [0, 0.05) is 17.3 Å². The molecule has 0 spiro atoms. The van der Waals surface area contributed by atoms with Crippen molar-refractivity contribution < 1.29 is 28.6 Å². The summed E-state index contributed by atoms with van der Waals surface area (Å²) in [4.78, 5) is 37.8. The summed E-state index contributed by atoms with van der Waals surface area (Å²) in [6.07, 6.45) is -1.06. The summed E-state index contributed by atoms with van der Waals surface area (Å²) in [5.41, 5.74) is 1.88. The van der Waals surface area contributed by atoms with Crippen LogP contribution in [0.4, 0.5) is 5.69 Å². The van der Waals surface area contributed by atoms with E-state index in [0.717, 1.165) is 5.56 Å². The summed E-state index contributed by atoms with van der Waals surface area (Å²) in [7, 11) is 0. The molecule has 2 aromatic rings. The number of amides is 2. The molecule has 2 aromatic carbocycles. The van der Waals surface area contributed by atoms with Crippen molar-refractivity contribution in [3.05, 3.63) is 53.6 Å². The predicted octanol–water partition coefficient (Wildman–Crippen LogP) is 3.09. The number of carbonyl (C=O) groups is 3. The number of carbonyl (C=O) groups excluding carboxylic acids is 3. The molecule has 0 saturated carbocycles. The van der Waals surface area contributed by atoms with E-state index < -0.39 is 24.0 Å². The van der Waals surface area contributed by atoms with Gasteiger partial charge in [-0.25, -0.2) is 4.79 Å². The number of ether oxygens (including phenoxy) is 3. The lowest BCUT2D eigenvalue weighted by Gasteiger charge is -2.23. The topological polar surface area (TPSA) is 103 Å². The maximum Gasteiger partial charge on any atom is 0.329 e. The van der Waals surface area contributed by atoms with Crippen molar-refractivity contribution in [2.75, 3.05) is 18.5 Å². The Balaban J connectivity index is 1.60. The molecule has 32 heavy (non-hydrogen) atoms. The zero-order valence-electron chi connectivity index (χ0n) is 18.6. The number of hydrogen-bond acceptors (Lipinski definition) is 6. The summed E-state index contributed by atoms with van der Waals surface area (Å²) in [5, 5.41) is 5.41. The molecule has 2 atom stereocenters. The molecule has 8 nitrogen and oxygen atoms in total. The Kier molecular flexibility index (Phi) is 7.35. The average Bonchev–Trinajstić information content (AvgIpc) is 2.76. The van der Waals surface area contributed by atoms with E-state index in [4.69, 9.17) is 14.2 Å². The van der Waals surface area contributed by atoms with Gasteiger partial charge in [-0.1, -0.05) is 31.5 Å². The molecule has 1 aliphatic rings. The minimum Gasteiger partial charge on any atom is -0.486 e. The molecule has 0 radical (unpaired) electrons. The normalized spacial score (nSPS) is 14.3. The largest absolute Gasteiger partial charge is 0.486 e. The van der Waals surface area contributed by atoms with Gasteiger partial charge < -0.3 is 24.8 Å². The smallest absolute Gasteiger partial charge is 0.329 e. The van der Waals surface area contributed by atoms with Crippen LogP contribution in [0.2, 0.25) is 0 Å². The minimum absolute atomic E-state index is 0.232. The van der Waals surface area contributed by atoms with Gasteiger partial charge in [0.05, 0.1) is 0 Å². The van der Waals surface area contributed by atoms with Gasteiger partial charge in [-0.05, 0) is 44.0 Å². The van der Waals surface area contributed by atoms with Crippen molar-refractivity contribution in [3.63, 3.8) is 0 Å². The molecule has 0 aliphatic carbocycles. The van der Waals surface area contributed by atoms with E-state index in [0.29, 0.717) is 36.0 Å². The molecule has 1 heterocycles. The van der Waals surface area contributed by atoms with E-state index >= 15 is 0 Å². The first kappa shape index (κ1) is 23.1. The summed E-state index contributed by atoms with van der Waals surface area (Å²) in [6.45, 7) is 7.86. The quantitative estimate of drug-likeness (QED) is 0.642. The first-order chi connectivity index (χ1) is 15.2. The molecule has 3 rings (SSSR count). The van der Waals surface area contributed by atoms with Gasteiger partial charge in [0.15, 0.2) is 17.6 Å². The number of fused-ring (bicyclic) bond motifs is 1. The third-order valence-corrected chi connectivity index (χ3v) is 4.96. The van der Waals surface area contributed by atoms with E-state index in [1.165, 1.54) is 6.92 Å². The maximum atomic E-state index is 12.7. The first-order valence-electron chi connectivity index (χ1n) is 10.5. The van der Waals surface area contributed by atoms with Crippen LogP contribution in [0.3, 0.4) is 0 Å². The highest BCUT2D eigenvalue weighted by Gasteiger charge is 2.29. The Morgan fingerprint density at radius 3 is 2.38 bits per heavy atom. The SMILES string of the molecule is Cc1cccc(C(=O)N[C@H](C(=O)OC(C)C(=O)Nc2ccc3c(c2)OCCO3)C(C)C)c1. The maximum absolute atomic E-state index is 12.7. The van der Waals surface area contributed by atoms with Gasteiger partial charge in [0.25, 0.3) is 11.8 Å². The van der Waals surface area contributed by atoms with Crippen LogP contribution in [-0.2, 0) is 14.3 Å². The van der Waals surface area contributed by atoms with E-state index in [1.807, 2.05) is 13.0 Å². The molecule has 1 unspecified atom stereocenters. The minimum atomic E-state index is -1.06. The standard InChI is InChI=1S/C24H28N2O6/c1-14(2)21(26-23(28)17-7-5-6-15(3)12-17)24(29)32-16(4)22(27)25-18-8-9-19-20(13-18)31-11-10-30-19/h5-9,12-14,16,21H,10-11H2,1-4H3,(H,25,27)(H,26,28)/t16?,21-/m0/s1. The van der Waals surface area contributed by atoms with Crippen LogP contribution in [0, 0.1) is 12.8 Å². The third kappa shape index (κ3) is 5.78. The molecule has 2 N–H and O–H groups in total. The van der Waals surface area contributed by atoms with Gasteiger partial charge in [-0.3, -0.25) is 9.59 Å².